The van der Waals surface area contributed by atoms with Crippen LogP contribution in [-0.2, 0) is 38.3 Å². The summed E-state index contributed by atoms with van der Waals surface area (Å²) < 4.78 is 18.1. The van der Waals surface area contributed by atoms with Crippen LogP contribution in [0.1, 0.15) is 183 Å². The molecule has 0 bridgehead atoms. The van der Waals surface area contributed by atoms with Crippen molar-refractivity contribution in [3.63, 3.8) is 0 Å². The second-order valence-corrected chi connectivity index (χ2v) is 23.9. The molecule has 0 radical (unpaired) electrons. The van der Waals surface area contributed by atoms with Gasteiger partial charge in [0.1, 0.15) is 5.75 Å². The molecule has 0 aromatic heterocycles. The first-order valence-electron chi connectivity index (χ1n) is 26.8. The van der Waals surface area contributed by atoms with E-state index in [1.165, 1.54) is 50.1 Å². The Kier molecular flexibility index (Phi) is 19.0. The first-order chi connectivity index (χ1) is 33.9. The zero-order valence-electron chi connectivity index (χ0n) is 45.3. The van der Waals surface area contributed by atoms with Gasteiger partial charge in [0.15, 0.2) is 0 Å². The Morgan fingerprint density at radius 1 is 0.639 bits per heavy atom. The number of rotatable bonds is 22. The second kappa shape index (κ2) is 24.3. The minimum atomic E-state index is -0.877. The summed E-state index contributed by atoms with van der Waals surface area (Å²) in [5, 5.41) is 0. The third-order valence-corrected chi connectivity index (χ3v) is 15.3. The highest BCUT2D eigenvalue weighted by Crippen LogP contribution is 2.41. The summed E-state index contributed by atoms with van der Waals surface area (Å²) in [5.74, 6) is 0.670. The lowest BCUT2D eigenvalue weighted by Gasteiger charge is -2.42. The molecule has 0 saturated carbocycles. The Hall–Kier alpha value is -5.06. The third kappa shape index (κ3) is 15.5. The van der Waals surface area contributed by atoms with Crippen molar-refractivity contribution in [1.29, 1.82) is 0 Å². The van der Waals surface area contributed by atoms with Gasteiger partial charge < -0.3 is 37.1 Å². The number of fused-ring (bicyclic) bond motifs is 2. The fourth-order valence-electron chi connectivity index (χ4n) is 10.4. The molecule has 0 heterocycles. The van der Waals surface area contributed by atoms with Gasteiger partial charge in [-0.1, -0.05) is 91.0 Å². The molecule has 0 saturated heterocycles. The molecule has 0 amide bonds. The standard InChI is InChI=1S/C63H88N4O5/c1-59(2,65)42-56(64)61(5,6)57(68)71-36-20-21-44-30-31-50-39-47(25-15-14-24-46(50)37-44)48-26-18-27-49(38-48)51-32-33-52(45-22-12-10-13-23-45)41-54-53(40-51)28-19-29-55(54)70-34-16-11-17-35-72-58(69)62(7,8)63(9,67)43-60(3,4)66/h10,12-13,18-19,22-23,26-31,37-39,41,51,56H,11,14-17,20-21,24-25,32-36,40,42-43,64-67H2,1-9H3/b47-39+,52-41+. The van der Waals surface area contributed by atoms with Crippen molar-refractivity contribution < 1.29 is 23.8 Å². The molecule has 4 aromatic rings. The van der Waals surface area contributed by atoms with Gasteiger partial charge in [-0.3, -0.25) is 9.59 Å². The summed E-state index contributed by atoms with van der Waals surface area (Å²) in [5.41, 5.74) is 35.1. The lowest BCUT2D eigenvalue weighted by molar-refractivity contribution is -0.158. The second-order valence-electron chi connectivity index (χ2n) is 23.9. The normalized spacial score (nSPS) is 18.5. The number of unbranched alkanes of at least 4 members (excludes halogenated alkanes) is 2. The smallest absolute Gasteiger partial charge is 0.313 e. The topological polar surface area (TPSA) is 166 Å². The summed E-state index contributed by atoms with van der Waals surface area (Å²) in [6.45, 7) is 18.3. The van der Waals surface area contributed by atoms with Crippen LogP contribution in [0.5, 0.6) is 5.75 Å². The van der Waals surface area contributed by atoms with Crippen molar-refractivity contribution in [1.82, 2.24) is 0 Å². The van der Waals surface area contributed by atoms with Crippen molar-refractivity contribution in [2.24, 2.45) is 33.8 Å². The lowest BCUT2D eigenvalue weighted by Crippen LogP contribution is -2.59. The molecule has 2 aliphatic rings. The molecule has 3 unspecified atom stereocenters. The molecule has 3 atom stereocenters. The van der Waals surface area contributed by atoms with Crippen LogP contribution in [0, 0.1) is 10.8 Å². The van der Waals surface area contributed by atoms with Crippen LogP contribution in [0.3, 0.4) is 0 Å². The maximum absolute atomic E-state index is 13.2. The number of nitrogens with two attached hydrogens (primary N) is 4. The monoisotopic (exact) mass is 981 g/mol. The molecule has 9 nitrogen and oxygen atoms in total. The number of hydrogen-bond acceptors (Lipinski definition) is 9. The highest BCUT2D eigenvalue weighted by atomic mass is 16.5. The number of carbonyl (C=O) groups is 2. The molecule has 390 valence electrons. The Balaban J connectivity index is 1.11. The zero-order valence-corrected chi connectivity index (χ0v) is 45.3. The quantitative estimate of drug-likeness (QED) is 0.0443. The van der Waals surface area contributed by atoms with Gasteiger partial charge >= 0.3 is 11.9 Å². The van der Waals surface area contributed by atoms with Crippen molar-refractivity contribution in [2.45, 2.75) is 181 Å². The van der Waals surface area contributed by atoms with Crippen LogP contribution >= 0.6 is 0 Å². The molecular formula is C63H88N4O5. The van der Waals surface area contributed by atoms with E-state index in [-0.39, 0.29) is 18.0 Å². The average Bonchev–Trinajstić information content (AvgIpc) is 3.29. The van der Waals surface area contributed by atoms with Crippen molar-refractivity contribution in [3.05, 3.63) is 136 Å². The fourth-order valence-corrected chi connectivity index (χ4v) is 10.4. The van der Waals surface area contributed by atoms with E-state index in [1.807, 2.05) is 62.3 Å². The molecule has 4 aromatic carbocycles. The number of aryl methyl sites for hydroxylation is 2. The van der Waals surface area contributed by atoms with Gasteiger partial charge in [0.05, 0.1) is 30.7 Å². The molecule has 72 heavy (non-hydrogen) atoms. The van der Waals surface area contributed by atoms with Crippen LogP contribution in [0.4, 0.5) is 0 Å². The van der Waals surface area contributed by atoms with Crippen LogP contribution in [0.2, 0.25) is 0 Å². The van der Waals surface area contributed by atoms with Gasteiger partial charge in [-0.2, -0.15) is 0 Å². The van der Waals surface area contributed by atoms with E-state index in [0.29, 0.717) is 38.6 Å². The molecule has 8 N–H and O–H groups in total. The summed E-state index contributed by atoms with van der Waals surface area (Å²) >= 11 is 0. The molecule has 0 aliphatic heterocycles. The van der Waals surface area contributed by atoms with Gasteiger partial charge in [-0.15, -0.1) is 0 Å². The van der Waals surface area contributed by atoms with E-state index >= 15 is 0 Å². The van der Waals surface area contributed by atoms with E-state index in [2.05, 4.69) is 103 Å². The lowest BCUT2D eigenvalue weighted by atomic mass is 9.68. The van der Waals surface area contributed by atoms with Gasteiger partial charge in [0.25, 0.3) is 0 Å². The number of carbonyl (C=O) groups excluding carboxylic acids is 2. The summed E-state index contributed by atoms with van der Waals surface area (Å²) in [6, 6.07) is 33.1. The van der Waals surface area contributed by atoms with E-state index in [1.54, 1.807) is 0 Å². The number of ether oxygens (including phenoxy) is 3. The minimum Gasteiger partial charge on any atom is -0.493 e. The van der Waals surface area contributed by atoms with Crippen LogP contribution < -0.4 is 27.7 Å². The molecule has 0 fully saturated rings. The zero-order chi connectivity index (χ0) is 52.3. The third-order valence-electron chi connectivity index (χ3n) is 15.3. The minimum absolute atomic E-state index is 0.269. The average molecular weight is 981 g/mol. The maximum atomic E-state index is 13.2. The molecular weight excluding hydrogens is 893 g/mol. The van der Waals surface area contributed by atoms with Crippen LogP contribution in [0.15, 0.2) is 91.0 Å². The summed E-state index contributed by atoms with van der Waals surface area (Å²) in [7, 11) is 0. The first kappa shape index (κ1) is 56.2. The highest BCUT2D eigenvalue weighted by molar-refractivity contribution is 5.85. The number of benzene rings is 4. The number of hydrogen-bond donors (Lipinski definition) is 4. The van der Waals surface area contributed by atoms with Crippen molar-refractivity contribution in [2.75, 3.05) is 19.8 Å². The predicted molar refractivity (Wildman–Crippen MR) is 298 cm³/mol. The fraction of sp³-hybridized carbons (Fsp3) is 0.524. The van der Waals surface area contributed by atoms with E-state index in [9.17, 15) is 9.59 Å². The Morgan fingerprint density at radius 2 is 1.31 bits per heavy atom. The highest BCUT2D eigenvalue weighted by Gasteiger charge is 2.47. The Bertz CT molecular complexity index is 2510. The molecule has 2 aliphatic carbocycles. The van der Waals surface area contributed by atoms with E-state index in [0.717, 1.165) is 88.4 Å². The Morgan fingerprint density at radius 3 is 2.04 bits per heavy atom. The van der Waals surface area contributed by atoms with Gasteiger partial charge in [0.2, 0.25) is 0 Å². The van der Waals surface area contributed by atoms with Gasteiger partial charge in [0, 0.05) is 28.2 Å². The van der Waals surface area contributed by atoms with Crippen molar-refractivity contribution >= 4 is 35.2 Å². The predicted octanol–water partition coefficient (Wildman–Crippen LogP) is 12.5. The van der Waals surface area contributed by atoms with Crippen molar-refractivity contribution in [3.8, 4) is 5.75 Å². The SMILES string of the molecule is CC(C)(N)CC(N)C(C)(C)C(=O)OCCCc1ccc2c(c1)CCCC/C(c1cccc(C3CC/C(c4ccccc4)=C\c4c(cccc4OCCCCCOC(=O)C(C)(C)C(C)(N)CC(C)(C)N)C3)c1)=C\2. The number of allylic oxidation sites excluding steroid dienone is 2. The summed E-state index contributed by atoms with van der Waals surface area (Å²) in [6.07, 6.45) is 17.1. The molecule has 9 heteroatoms. The van der Waals surface area contributed by atoms with E-state index < -0.39 is 27.4 Å². The Labute approximate surface area is 432 Å². The van der Waals surface area contributed by atoms with Crippen LogP contribution in [-0.4, -0.2) is 54.4 Å². The maximum Gasteiger partial charge on any atom is 0.313 e. The van der Waals surface area contributed by atoms with E-state index in [4.69, 9.17) is 37.1 Å². The van der Waals surface area contributed by atoms with Gasteiger partial charge in [-0.25, -0.2) is 0 Å². The summed E-state index contributed by atoms with van der Waals surface area (Å²) in [4.78, 5) is 26.2. The number of esters is 2. The first-order valence-corrected chi connectivity index (χ1v) is 26.8. The molecule has 0 spiro atoms. The van der Waals surface area contributed by atoms with Gasteiger partial charge in [-0.05, 0) is 220 Å². The van der Waals surface area contributed by atoms with Crippen LogP contribution in [0.25, 0.3) is 23.3 Å². The largest absolute Gasteiger partial charge is 0.493 e. The molecule has 6 rings (SSSR count).